The van der Waals surface area contributed by atoms with E-state index in [1.165, 1.54) is 44.3 Å². The number of carbonyl (C=O) groups is 5. The van der Waals surface area contributed by atoms with E-state index in [1.807, 2.05) is 24.3 Å². The van der Waals surface area contributed by atoms with Crippen LogP contribution >= 0.6 is 0 Å². The minimum absolute atomic E-state index is 0.00655. The van der Waals surface area contributed by atoms with Crippen molar-refractivity contribution in [1.29, 1.82) is 0 Å². The number of carboxylic acid groups (broad SMARTS) is 1. The van der Waals surface area contributed by atoms with Crippen LogP contribution in [0, 0.1) is 13.8 Å². The number of carbonyl (C=O) groups excluding carboxylic acids is 4. The second-order valence-electron chi connectivity index (χ2n) is 16.1. The van der Waals surface area contributed by atoms with Gasteiger partial charge >= 0.3 is 5.97 Å². The molecule has 17 heteroatoms. The average molecular weight is 839 g/mol. The molecule has 1 aliphatic heterocycles. The lowest BCUT2D eigenvalue weighted by molar-refractivity contribution is -0.143. The van der Waals surface area contributed by atoms with Crippen molar-refractivity contribution >= 4 is 29.6 Å². The summed E-state index contributed by atoms with van der Waals surface area (Å²) in [7, 11) is 1.33. The molecule has 17 nitrogen and oxygen atoms in total. The molecule has 61 heavy (non-hydrogen) atoms. The third-order valence-corrected chi connectivity index (χ3v) is 10.5. The van der Waals surface area contributed by atoms with E-state index in [0.717, 1.165) is 16.0 Å². The van der Waals surface area contributed by atoms with Gasteiger partial charge in [-0.05, 0) is 80.1 Å². The highest BCUT2D eigenvalue weighted by molar-refractivity contribution is 6.00. The molecule has 0 radical (unpaired) electrons. The number of nitrogens with two attached hydrogens (primary N) is 2. The molecule has 5 rings (SSSR count). The molecule has 4 aromatic rings. The van der Waals surface area contributed by atoms with E-state index in [0.29, 0.717) is 22.8 Å². The van der Waals surface area contributed by atoms with Crippen LogP contribution in [0.25, 0.3) is 22.5 Å². The number of hydrogen-bond donors (Lipinski definition) is 8. The summed E-state index contributed by atoms with van der Waals surface area (Å²) in [6.07, 6.45) is -0.299. The summed E-state index contributed by atoms with van der Waals surface area (Å²) in [5, 5.41) is 40.4. The van der Waals surface area contributed by atoms with E-state index in [2.05, 4.69) is 46.7 Å². The standard InChI is InChI=1S/C44H54N8O9/c1-22-35(23(2)48-38(47-22)26-8-11-28(12-9-26)44(4,5)6)40(56)50-31(14-15-45)42(58)52(7)36-27-10-13-33(53)29(21-27)30-18-25(20-34(37(30)54)61-17-16-46)19-32(43(59)60)51-39(55)24(3)49-41(36)57/h8-13,18,20-21,24,31-32,36,53-54H,14-17,19,45-46H2,1-7H3,(H,49,57)(H,50,56)(H,51,55)(H,59,60)/t24-,31-,32-,36-/m0/s1. The Morgan fingerprint density at radius 2 is 1.59 bits per heavy atom. The van der Waals surface area contributed by atoms with Crippen LogP contribution in [0.1, 0.15) is 78.6 Å². The molecule has 1 aliphatic rings. The number of aromatic nitrogens is 2. The Bertz CT molecular complexity index is 2300. The van der Waals surface area contributed by atoms with E-state index in [9.17, 15) is 39.3 Å². The largest absolute Gasteiger partial charge is 0.507 e. The molecule has 4 bridgehead atoms. The van der Waals surface area contributed by atoms with Gasteiger partial charge in [0.2, 0.25) is 17.7 Å². The van der Waals surface area contributed by atoms with Crippen LogP contribution in [-0.4, -0.2) is 105 Å². The number of likely N-dealkylation sites (N-methyl/N-ethyl adjacent to an activating group) is 1. The lowest BCUT2D eigenvalue weighted by Crippen LogP contribution is -2.55. The predicted molar refractivity (Wildman–Crippen MR) is 227 cm³/mol. The number of benzene rings is 3. The molecule has 1 aromatic heterocycles. The number of aliphatic carboxylic acids is 1. The first-order valence-corrected chi connectivity index (χ1v) is 19.8. The quantitative estimate of drug-likeness (QED) is 0.108. The van der Waals surface area contributed by atoms with Crippen LogP contribution < -0.4 is 32.2 Å². The van der Waals surface area contributed by atoms with Gasteiger partial charge in [-0.25, -0.2) is 14.8 Å². The highest BCUT2D eigenvalue weighted by Gasteiger charge is 2.36. The van der Waals surface area contributed by atoms with Crippen LogP contribution in [0.3, 0.4) is 0 Å². The van der Waals surface area contributed by atoms with Gasteiger partial charge in [-0.3, -0.25) is 19.2 Å². The van der Waals surface area contributed by atoms with Crippen molar-refractivity contribution in [2.45, 2.75) is 84.0 Å². The highest BCUT2D eigenvalue weighted by Crippen LogP contribution is 2.43. The maximum absolute atomic E-state index is 14.5. The molecule has 10 N–H and O–H groups in total. The Morgan fingerprint density at radius 3 is 2.18 bits per heavy atom. The molecule has 3 aromatic carbocycles. The highest BCUT2D eigenvalue weighted by atomic mass is 16.5. The van der Waals surface area contributed by atoms with Crippen molar-refractivity contribution in [3.63, 3.8) is 0 Å². The van der Waals surface area contributed by atoms with Gasteiger partial charge in [0.15, 0.2) is 17.3 Å². The Balaban J connectivity index is 1.53. The van der Waals surface area contributed by atoms with Crippen LogP contribution in [-0.2, 0) is 31.0 Å². The number of fused-ring (bicyclic) bond motifs is 5. The molecule has 0 saturated heterocycles. The lowest BCUT2D eigenvalue weighted by atomic mass is 9.86. The molecule has 2 heterocycles. The second kappa shape index (κ2) is 18.8. The molecule has 4 amide bonds. The molecule has 0 fully saturated rings. The predicted octanol–water partition coefficient (Wildman–Crippen LogP) is 2.75. The van der Waals surface area contributed by atoms with Gasteiger partial charge in [0.25, 0.3) is 5.91 Å². The molecular weight excluding hydrogens is 785 g/mol. The van der Waals surface area contributed by atoms with Crippen LogP contribution in [0.4, 0.5) is 0 Å². The van der Waals surface area contributed by atoms with Gasteiger partial charge in [-0.1, -0.05) is 51.1 Å². The van der Waals surface area contributed by atoms with Crippen molar-refractivity contribution in [2.24, 2.45) is 11.5 Å². The second-order valence-corrected chi connectivity index (χ2v) is 16.1. The van der Waals surface area contributed by atoms with Gasteiger partial charge in [-0.15, -0.1) is 0 Å². The zero-order valence-corrected chi connectivity index (χ0v) is 35.3. The minimum atomic E-state index is -1.51. The molecule has 0 aliphatic carbocycles. The van der Waals surface area contributed by atoms with Crippen LogP contribution in [0.2, 0.25) is 0 Å². The first-order chi connectivity index (χ1) is 28.7. The van der Waals surface area contributed by atoms with Gasteiger partial charge in [0.1, 0.15) is 36.5 Å². The van der Waals surface area contributed by atoms with Gasteiger partial charge in [0, 0.05) is 36.7 Å². The normalized spacial score (nSPS) is 17.3. The zero-order chi connectivity index (χ0) is 44.9. The fraction of sp³-hybridized carbons (Fsp3) is 0.386. The number of aromatic hydroxyl groups is 2. The van der Waals surface area contributed by atoms with E-state index in [4.69, 9.17) is 16.2 Å². The first-order valence-electron chi connectivity index (χ1n) is 19.8. The topological polar surface area (TPSA) is 272 Å². The molecule has 0 saturated carbocycles. The van der Waals surface area contributed by atoms with Crippen molar-refractivity contribution in [1.82, 2.24) is 30.8 Å². The summed E-state index contributed by atoms with van der Waals surface area (Å²) in [6, 6.07) is 9.22. The Labute approximate surface area is 353 Å². The van der Waals surface area contributed by atoms with Crippen LogP contribution in [0.15, 0.2) is 54.6 Å². The van der Waals surface area contributed by atoms with Gasteiger partial charge in [-0.2, -0.15) is 0 Å². The fourth-order valence-electron chi connectivity index (χ4n) is 7.17. The maximum atomic E-state index is 14.5. The monoisotopic (exact) mass is 838 g/mol. The van der Waals surface area contributed by atoms with Crippen molar-refractivity contribution in [2.75, 3.05) is 26.7 Å². The van der Waals surface area contributed by atoms with E-state index in [-0.39, 0.29) is 71.7 Å². The lowest BCUT2D eigenvalue weighted by Gasteiger charge is -2.32. The van der Waals surface area contributed by atoms with Crippen molar-refractivity contribution < 1.29 is 44.0 Å². The number of phenols is 2. The summed E-state index contributed by atoms with van der Waals surface area (Å²) in [6.45, 7) is 11.1. The number of nitrogens with one attached hydrogen (secondary N) is 3. The summed E-state index contributed by atoms with van der Waals surface area (Å²) in [5.74, 6) is -4.82. The Kier molecular flexibility index (Phi) is 14.0. The third-order valence-electron chi connectivity index (χ3n) is 10.5. The smallest absolute Gasteiger partial charge is 0.326 e. The number of rotatable bonds is 11. The maximum Gasteiger partial charge on any atom is 0.326 e. The van der Waals surface area contributed by atoms with E-state index >= 15 is 0 Å². The minimum Gasteiger partial charge on any atom is -0.507 e. The number of ether oxygens (including phenoxy) is 1. The van der Waals surface area contributed by atoms with E-state index in [1.54, 1.807) is 13.8 Å². The van der Waals surface area contributed by atoms with Gasteiger partial charge < -0.3 is 52.4 Å². The Morgan fingerprint density at radius 1 is 0.934 bits per heavy atom. The molecular formula is C44H54N8O9. The number of phenolic OH excluding ortho intramolecular Hbond substituents is 2. The first kappa shape index (κ1) is 45.5. The summed E-state index contributed by atoms with van der Waals surface area (Å²) in [4.78, 5) is 78.7. The molecule has 4 atom stereocenters. The molecule has 324 valence electrons. The SMILES string of the molecule is Cc1nc(-c2ccc(C(C)(C)C)cc2)nc(C)c1C(=O)N[C@@H](CCN)C(=O)N(C)[C@@H]1C(=O)N[C@@H](C)C(=O)N[C@H](C(=O)O)Cc2cc(OCCN)c(O)c(c2)-c2cc1ccc2O. The summed E-state index contributed by atoms with van der Waals surface area (Å²) < 4.78 is 5.67. The number of aryl methyl sites for hydroxylation is 2. The fourth-order valence-corrected chi connectivity index (χ4v) is 7.17. The number of nitrogens with zero attached hydrogens (tertiary/aromatic N) is 3. The molecule has 0 spiro atoms. The Hall–Kier alpha value is -6.59. The third kappa shape index (κ3) is 10.2. The summed E-state index contributed by atoms with van der Waals surface area (Å²) in [5.41, 5.74) is 14.8. The van der Waals surface area contributed by atoms with Crippen molar-refractivity contribution in [3.05, 3.63) is 88.2 Å². The number of amides is 4. The molecule has 0 unspecified atom stereocenters. The summed E-state index contributed by atoms with van der Waals surface area (Å²) >= 11 is 0. The van der Waals surface area contributed by atoms with Crippen LogP contribution in [0.5, 0.6) is 17.2 Å². The zero-order valence-electron chi connectivity index (χ0n) is 35.3. The van der Waals surface area contributed by atoms with Gasteiger partial charge in [0.05, 0.1) is 17.0 Å². The average Bonchev–Trinajstić information content (AvgIpc) is 3.19. The van der Waals surface area contributed by atoms with Crippen molar-refractivity contribution in [3.8, 4) is 39.8 Å². The number of carboxylic acids is 1. The number of hydrogen-bond acceptors (Lipinski definition) is 12. The van der Waals surface area contributed by atoms with E-state index < -0.39 is 59.5 Å².